The van der Waals surface area contributed by atoms with Crippen LogP contribution in [0.1, 0.15) is 102 Å². The number of hydrogen-bond donors (Lipinski definition) is 1. The zero-order valence-corrected chi connectivity index (χ0v) is 19.5. The van der Waals surface area contributed by atoms with Gasteiger partial charge in [0.2, 0.25) is 6.10 Å². The lowest BCUT2D eigenvalue weighted by Gasteiger charge is -2.14. The number of nitriles is 1. The van der Waals surface area contributed by atoms with Gasteiger partial charge in [-0.2, -0.15) is 5.26 Å². The first-order chi connectivity index (χ1) is 15.0. The Morgan fingerprint density at radius 1 is 1.00 bits per heavy atom. The van der Waals surface area contributed by atoms with Crippen molar-refractivity contribution >= 4 is 7.82 Å². The fourth-order valence-electron chi connectivity index (χ4n) is 3.24. The standard InChI is InChI=1S/C23H37FNO5P/c1-2-3-4-5-6-7-8-9-10-11-12-13-14-18-28-31(26,27)30-29-23(20-25)21-16-15-17-22(24)19-21/h15-17,19,23H,2-14,18H2,1H3,(H,26,27). The summed E-state index contributed by atoms with van der Waals surface area (Å²) in [5, 5.41) is 9.09. The Morgan fingerprint density at radius 3 is 2.06 bits per heavy atom. The second kappa shape index (κ2) is 17.3. The predicted octanol–water partition coefficient (Wildman–Crippen LogP) is 7.55. The molecule has 2 unspecified atom stereocenters. The lowest BCUT2D eigenvalue weighted by molar-refractivity contribution is -0.247. The first-order valence-electron chi connectivity index (χ1n) is 11.5. The van der Waals surface area contributed by atoms with Crippen LogP contribution in [0.4, 0.5) is 4.39 Å². The fourth-order valence-corrected chi connectivity index (χ4v) is 3.84. The second-order valence-corrected chi connectivity index (χ2v) is 9.12. The highest BCUT2D eigenvalue weighted by Gasteiger charge is 2.25. The number of hydrogen-bond acceptors (Lipinski definition) is 5. The van der Waals surface area contributed by atoms with Gasteiger partial charge in [-0.05, 0) is 18.6 Å². The zero-order chi connectivity index (χ0) is 22.8. The monoisotopic (exact) mass is 457 g/mol. The van der Waals surface area contributed by atoms with Gasteiger partial charge in [0.15, 0.2) is 0 Å². The number of unbranched alkanes of at least 4 members (excludes halogenated alkanes) is 12. The average molecular weight is 458 g/mol. The van der Waals surface area contributed by atoms with Crippen LogP contribution in [0, 0.1) is 17.1 Å². The number of benzene rings is 1. The molecule has 0 spiro atoms. The van der Waals surface area contributed by atoms with Gasteiger partial charge in [-0.15, -0.1) is 4.67 Å². The van der Waals surface area contributed by atoms with Crippen LogP contribution in [0.5, 0.6) is 0 Å². The largest absolute Gasteiger partial charge is 0.499 e. The van der Waals surface area contributed by atoms with E-state index in [2.05, 4.69) is 11.6 Å². The van der Waals surface area contributed by atoms with Crippen LogP contribution >= 0.6 is 7.82 Å². The molecule has 0 saturated heterocycles. The molecule has 0 saturated carbocycles. The molecular formula is C23H37FNO5P. The number of halogens is 1. The molecule has 2 atom stereocenters. The van der Waals surface area contributed by atoms with Crippen LogP contribution in [-0.2, 0) is 18.7 Å². The number of nitrogens with zero attached hydrogens (tertiary/aromatic N) is 1. The zero-order valence-electron chi connectivity index (χ0n) is 18.6. The van der Waals surface area contributed by atoms with E-state index < -0.39 is 19.7 Å². The van der Waals surface area contributed by atoms with E-state index in [1.807, 2.05) is 0 Å². The molecule has 0 bridgehead atoms. The molecule has 0 fully saturated rings. The number of phosphoric acid groups is 1. The molecule has 1 rings (SSSR count). The summed E-state index contributed by atoms with van der Waals surface area (Å²) in [5.41, 5.74) is 0.180. The molecule has 0 aliphatic rings. The van der Waals surface area contributed by atoms with Gasteiger partial charge in [-0.3, -0.25) is 4.52 Å². The maximum atomic E-state index is 13.2. The van der Waals surface area contributed by atoms with Crippen molar-refractivity contribution in [2.24, 2.45) is 0 Å². The van der Waals surface area contributed by atoms with Crippen molar-refractivity contribution < 1.29 is 27.9 Å². The third-order valence-electron chi connectivity index (χ3n) is 5.00. The molecule has 6 nitrogen and oxygen atoms in total. The lowest BCUT2D eigenvalue weighted by Crippen LogP contribution is -2.04. The highest BCUT2D eigenvalue weighted by molar-refractivity contribution is 7.47. The van der Waals surface area contributed by atoms with Crippen molar-refractivity contribution in [2.75, 3.05) is 6.61 Å². The molecule has 1 aromatic carbocycles. The van der Waals surface area contributed by atoms with Crippen LogP contribution in [-0.4, -0.2) is 11.5 Å². The van der Waals surface area contributed by atoms with Gasteiger partial charge in [0, 0.05) is 5.56 Å². The summed E-state index contributed by atoms with van der Waals surface area (Å²) in [6.07, 6.45) is 14.3. The molecule has 0 amide bonds. The molecule has 0 aliphatic carbocycles. The van der Waals surface area contributed by atoms with Crippen molar-refractivity contribution in [1.29, 1.82) is 5.26 Å². The summed E-state index contributed by atoms with van der Waals surface area (Å²) in [6.45, 7) is 2.30. The summed E-state index contributed by atoms with van der Waals surface area (Å²) in [7, 11) is -4.44. The van der Waals surface area contributed by atoms with Crippen LogP contribution in [0.2, 0.25) is 0 Å². The molecular weight excluding hydrogens is 420 g/mol. The molecule has 1 aromatic rings. The molecule has 0 aliphatic heterocycles. The van der Waals surface area contributed by atoms with Crippen LogP contribution in [0.3, 0.4) is 0 Å². The normalized spacial score (nSPS) is 14.1. The van der Waals surface area contributed by atoms with E-state index in [0.717, 1.165) is 25.3 Å². The van der Waals surface area contributed by atoms with Gasteiger partial charge in [0.1, 0.15) is 11.9 Å². The molecule has 31 heavy (non-hydrogen) atoms. The highest BCUT2D eigenvalue weighted by Crippen LogP contribution is 2.45. The van der Waals surface area contributed by atoms with Gasteiger partial charge >= 0.3 is 7.82 Å². The molecule has 0 aromatic heterocycles. The molecule has 1 N–H and O–H groups in total. The van der Waals surface area contributed by atoms with Gasteiger partial charge in [0.05, 0.1) is 6.61 Å². The van der Waals surface area contributed by atoms with E-state index in [9.17, 15) is 13.8 Å². The van der Waals surface area contributed by atoms with E-state index in [4.69, 9.17) is 14.7 Å². The van der Waals surface area contributed by atoms with E-state index in [1.54, 1.807) is 6.07 Å². The van der Waals surface area contributed by atoms with E-state index in [0.29, 0.717) is 6.42 Å². The van der Waals surface area contributed by atoms with Crippen LogP contribution in [0.15, 0.2) is 24.3 Å². The molecule has 8 heteroatoms. The average Bonchev–Trinajstić information content (AvgIpc) is 2.74. The minimum Gasteiger partial charge on any atom is -0.301 e. The van der Waals surface area contributed by atoms with Crippen molar-refractivity contribution in [3.8, 4) is 6.07 Å². The Labute approximate surface area is 186 Å². The van der Waals surface area contributed by atoms with E-state index >= 15 is 0 Å². The van der Waals surface area contributed by atoms with Gasteiger partial charge in [-0.25, -0.2) is 13.8 Å². The third-order valence-corrected chi connectivity index (χ3v) is 5.79. The Morgan fingerprint density at radius 2 is 1.55 bits per heavy atom. The van der Waals surface area contributed by atoms with E-state index in [-0.39, 0.29) is 12.2 Å². The Balaban J connectivity index is 2.03. The quantitative estimate of drug-likeness (QED) is 0.0998. The highest BCUT2D eigenvalue weighted by atomic mass is 31.2. The van der Waals surface area contributed by atoms with Crippen LogP contribution in [0.25, 0.3) is 0 Å². The Kier molecular flexibility index (Phi) is 15.5. The number of rotatable bonds is 19. The minimum atomic E-state index is -4.44. The smallest absolute Gasteiger partial charge is 0.301 e. The first-order valence-corrected chi connectivity index (χ1v) is 13.0. The van der Waals surface area contributed by atoms with Gasteiger partial charge in [0.25, 0.3) is 0 Å². The molecule has 0 heterocycles. The predicted molar refractivity (Wildman–Crippen MR) is 118 cm³/mol. The second-order valence-electron chi connectivity index (χ2n) is 7.78. The Hall–Kier alpha value is -1.29. The summed E-state index contributed by atoms with van der Waals surface area (Å²) < 4.78 is 34.4. The van der Waals surface area contributed by atoms with Crippen molar-refractivity contribution in [3.05, 3.63) is 35.6 Å². The van der Waals surface area contributed by atoms with Crippen LogP contribution < -0.4 is 0 Å². The molecule has 0 radical (unpaired) electrons. The summed E-state index contributed by atoms with van der Waals surface area (Å²) in [5.74, 6) is -0.549. The maximum absolute atomic E-state index is 13.2. The van der Waals surface area contributed by atoms with Crippen molar-refractivity contribution in [2.45, 2.75) is 96.5 Å². The van der Waals surface area contributed by atoms with Crippen molar-refractivity contribution in [3.63, 3.8) is 0 Å². The summed E-state index contributed by atoms with van der Waals surface area (Å²) in [4.78, 5) is 14.4. The lowest BCUT2D eigenvalue weighted by atomic mass is 10.0. The fraction of sp³-hybridized carbons (Fsp3) is 0.696. The topological polar surface area (TPSA) is 88.8 Å². The third kappa shape index (κ3) is 14.4. The Bertz CT molecular complexity index is 682. The van der Waals surface area contributed by atoms with Gasteiger partial charge < -0.3 is 4.89 Å². The SMILES string of the molecule is CCCCCCCCCCCCCCCOP(=O)(O)OOC(C#N)c1cccc(F)c1. The first kappa shape index (κ1) is 27.7. The number of phosphoric ester groups is 1. The van der Waals surface area contributed by atoms with E-state index in [1.165, 1.54) is 76.0 Å². The molecule has 176 valence electrons. The maximum Gasteiger partial charge on any atom is 0.499 e. The van der Waals surface area contributed by atoms with Crippen molar-refractivity contribution in [1.82, 2.24) is 0 Å². The minimum absolute atomic E-state index is 0.0616. The van der Waals surface area contributed by atoms with Gasteiger partial charge in [-0.1, -0.05) is 96.1 Å². The summed E-state index contributed by atoms with van der Waals surface area (Å²) >= 11 is 0. The summed E-state index contributed by atoms with van der Waals surface area (Å²) in [6, 6.07) is 6.90.